The minimum Gasteiger partial charge on any atom is -0.304 e. The largest absolute Gasteiger partial charge is 0.304 e. The van der Waals surface area contributed by atoms with Crippen LogP contribution in [0.5, 0.6) is 0 Å². The molecule has 5 aromatic rings. The first kappa shape index (κ1) is 19.3. The summed E-state index contributed by atoms with van der Waals surface area (Å²) in [5, 5.41) is 23.7. The molecule has 0 saturated heterocycles. The van der Waals surface area contributed by atoms with Gasteiger partial charge in [-0.2, -0.15) is 10.5 Å². The zero-order valence-electron chi connectivity index (χ0n) is 17.3. The fraction of sp³-hybridized carbons (Fsp3) is 0.0769. The van der Waals surface area contributed by atoms with Gasteiger partial charge in [0.25, 0.3) is 0 Å². The average molecular weight is 414 g/mol. The minimum atomic E-state index is -0.103. The number of H-pyrrole nitrogens is 1. The van der Waals surface area contributed by atoms with Gasteiger partial charge in [0.05, 0.1) is 28.4 Å². The molecule has 3 heterocycles. The van der Waals surface area contributed by atoms with Crippen molar-refractivity contribution in [3.8, 4) is 23.3 Å². The maximum Gasteiger partial charge on any atom is 0.150 e. The van der Waals surface area contributed by atoms with E-state index < -0.39 is 0 Å². The van der Waals surface area contributed by atoms with Gasteiger partial charge >= 0.3 is 0 Å². The van der Waals surface area contributed by atoms with Crippen LogP contribution >= 0.6 is 0 Å². The van der Waals surface area contributed by atoms with Gasteiger partial charge in [-0.05, 0) is 35.4 Å². The first-order valence-electron chi connectivity index (χ1n) is 10.2. The summed E-state index contributed by atoms with van der Waals surface area (Å²) in [5.41, 5.74) is 5.67. The number of fused-ring (bicyclic) bond motifs is 1. The molecule has 1 atom stereocenters. The predicted molar refractivity (Wildman–Crippen MR) is 122 cm³/mol. The Morgan fingerprint density at radius 2 is 1.78 bits per heavy atom. The number of aromatic nitrogens is 4. The fourth-order valence-corrected chi connectivity index (χ4v) is 4.13. The van der Waals surface area contributed by atoms with Crippen LogP contribution in [0.2, 0.25) is 0 Å². The van der Waals surface area contributed by atoms with Gasteiger partial charge in [0.2, 0.25) is 0 Å². The first-order valence-corrected chi connectivity index (χ1v) is 10.2. The van der Waals surface area contributed by atoms with Gasteiger partial charge in [0, 0.05) is 30.4 Å². The molecule has 1 unspecified atom stereocenters. The van der Waals surface area contributed by atoms with Gasteiger partial charge in [0.1, 0.15) is 17.8 Å². The molecule has 0 saturated carbocycles. The summed E-state index contributed by atoms with van der Waals surface area (Å²) >= 11 is 0. The monoisotopic (exact) mass is 414 g/mol. The van der Waals surface area contributed by atoms with Crippen molar-refractivity contribution in [1.29, 1.82) is 10.5 Å². The maximum absolute atomic E-state index is 10.1. The Hall–Kier alpha value is -4.68. The quantitative estimate of drug-likeness (QED) is 0.453. The number of aryl methyl sites for hydroxylation is 1. The molecular formula is C26H18N6. The summed E-state index contributed by atoms with van der Waals surface area (Å²) < 4.78 is 1.96. The molecule has 0 aliphatic carbocycles. The molecule has 0 aliphatic heterocycles. The highest BCUT2D eigenvalue weighted by atomic mass is 15.3. The highest BCUT2D eigenvalue weighted by molar-refractivity contribution is 5.94. The Morgan fingerprint density at radius 3 is 2.41 bits per heavy atom. The normalized spacial score (nSPS) is 11.7. The van der Waals surface area contributed by atoms with Crippen LogP contribution in [0, 0.1) is 22.7 Å². The number of benzene rings is 2. The Bertz CT molecular complexity index is 1500. The Morgan fingerprint density at radius 1 is 0.969 bits per heavy atom. The van der Waals surface area contributed by atoms with Crippen molar-refractivity contribution in [3.05, 3.63) is 107 Å². The van der Waals surface area contributed by atoms with Crippen molar-refractivity contribution in [1.82, 2.24) is 19.7 Å². The molecule has 0 aliphatic rings. The summed E-state index contributed by atoms with van der Waals surface area (Å²) in [6.45, 7) is 0. The van der Waals surface area contributed by atoms with Crippen molar-refractivity contribution in [2.75, 3.05) is 0 Å². The number of nitriles is 2. The van der Waals surface area contributed by atoms with Crippen LogP contribution in [-0.4, -0.2) is 19.7 Å². The van der Waals surface area contributed by atoms with Crippen LogP contribution in [0.3, 0.4) is 0 Å². The minimum absolute atomic E-state index is 0.103. The topological polar surface area (TPSA) is 94.1 Å². The highest BCUT2D eigenvalue weighted by Gasteiger charge is 2.24. The van der Waals surface area contributed by atoms with E-state index in [2.05, 4.69) is 27.2 Å². The summed E-state index contributed by atoms with van der Waals surface area (Å²) in [7, 11) is 1.96. The van der Waals surface area contributed by atoms with E-state index in [-0.39, 0.29) is 11.6 Å². The summed E-state index contributed by atoms with van der Waals surface area (Å²) in [5.74, 6) is -0.103. The van der Waals surface area contributed by atoms with Crippen LogP contribution in [0.15, 0.2) is 79.1 Å². The zero-order chi connectivity index (χ0) is 22.1. The Labute approximate surface area is 185 Å². The molecule has 32 heavy (non-hydrogen) atoms. The second kappa shape index (κ2) is 7.86. The maximum atomic E-state index is 10.1. The number of nitrogens with one attached hydrogen (secondary N) is 1. The second-order valence-electron chi connectivity index (χ2n) is 7.52. The standard InChI is InChI=1S/C26H18N6/c1-32-24(16-30-32)26(22-9-5-6-12-29-22)18-10-11-21-19(13-18)20(14-27)25(23(15-28)31-21)17-7-3-2-4-8-17/h2-13,16,26,30H,1H3. The van der Waals surface area contributed by atoms with E-state index in [4.69, 9.17) is 0 Å². The molecule has 3 aromatic heterocycles. The molecule has 1 N–H and O–H groups in total. The highest BCUT2D eigenvalue weighted by Crippen LogP contribution is 2.36. The first-order chi connectivity index (χ1) is 15.7. The molecule has 152 valence electrons. The number of nitrogens with zero attached hydrogens (tertiary/aromatic N) is 5. The van der Waals surface area contributed by atoms with E-state index in [1.54, 1.807) is 6.20 Å². The molecule has 0 fully saturated rings. The lowest BCUT2D eigenvalue weighted by Crippen LogP contribution is -2.18. The van der Waals surface area contributed by atoms with Gasteiger partial charge < -0.3 is 5.10 Å². The number of rotatable bonds is 4. The molecular weight excluding hydrogens is 396 g/mol. The lowest BCUT2D eigenvalue weighted by molar-refractivity contribution is 0.608. The molecule has 6 nitrogen and oxygen atoms in total. The van der Waals surface area contributed by atoms with Crippen LogP contribution < -0.4 is 0 Å². The van der Waals surface area contributed by atoms with Gasteiger partial charge in [-0.15, -0.1) is 0 Å². The van der Waals surface area contributed by atoms with Gasteiger partial charge in [-0.25, -0.2) is 4.98 Å². The van der Waals surface area contributed by atoms with E-state index in [9.17, 15) is 10.5 Å². The van der Waals surface area contributed by atoms with Crippen molar-refractivity contribution in [3.63, 3.8) is 0 Å². The second-order valence-corrected chi connectivity index (χ2v) is 7.52. The summed E-state index contributed by atoms with van der Waals surface area (Å²) in [4.78, 5) is 9.17. The van der Waals surface area contributed by atoms with E-state index in [1.807, 2.05) is 84.7 Å². The molecule has 0 radical (unpaired) electrons. The SMILES string of the molecule is Cn1[nH]cc1C(c1ccc2nc(C#N)c(-c3ccccc3)c(C#N)c2c1)c1ccccn1. The number of pyridine rings is 2. The lowest BCUT2D eigenvalue weighted by atomic mass is 9.88. The summed E-state index contributed by atoms with van der Waals surface area (Å²) in [6.07, 6.45) is 3.74. The molecule has 0 spiro atoms. The van der Waals surface area contributed by atoms with Gasteiger partial charge in [-0.1, -0.05) is 42.5 Å². The third-order valence-electron chi connectivity index (χ3n) is 5.70. The number of aromatic amines is 1. The van der Waals surface area contributed by atoms with Crippen LogP contribution in [0.25, 0.3) is 22.0 Å². The van der Waals surface area contributed by atoms with E-state index >= 15 is 0 Å². The fourth-order valence-electron chi connectivity index (χ4n) is 4.13. The molecule has 2 aromatic carbocycles. The predicted octanol–water partition coefficient (Wildman–Crippen LogP) is 4.89. The lowest BCUT2D eigenvalue weighted by Gasteiger charge is -2.23. The Balaban J connectivity index is 1.78. The van der Waals surface area contributed by atoms with Gasteiger partial charge in [0.15, 0.2) is 0 Å². The zero-order valence-corrected chi connectivity index (χ0v) is 17.3. The van der Waals surface area contributed by atoms with E-state index in [0.29, 0.717) is 16.6 Å². The summed E-state index contributed by atoms with van der Waals surface area (Å²) in [6, 6.07) is 25.7. The van der Waals surface area contributed by atoms with Crippen molar-refractivity contribution in [2.24, 2.45) is 7.05 Å². The third-order valence-corrected chi connectivity index (χ3v) is 5.70. The molecule has 5 rings (SSSR count). The van der Waals surface area contributed by atoms with Crippen LogP contribution in [0.1, 0.15) is 34.1 Å². The molecule has 0 amide bonds. The molecule has 0 bridgehead atoms. The van der Waals surface area contributed by atoms with Crippen molar-refractivity contribution >= 4 is 10.9 Å². The van der Waals surface area contributed by atoms with Crippen molar-refractivity contribution < 1.29 is 0 Å². The number of hydrogen-bond donors (Lipinski definition) is 1. The molecule has 6 heteroatoms. The van der Waals surface area contributed by atoms with Crippen LogP contribution in [-0.2, 0) is 7.05 Å². The average Bonchev–Trinajstić information content (AvgIpc) is 2.85. The third kappa shape index (κ3) is 3.12. The smallest absolute Gasteiger partial charge is 0.150 e. The van der Waals surface area contributed by atoms with Crippen molar-refractivity contribution in [2.45, 2.75) is 5.92 Å². The van der Waals surface area contributed by atoms with E-state index in [0.717, 1.165) is 27.9 Å². The van der Waals surface area contributed by atoms with Gasteiger partial charge in [-0.3, -0.25) is 9.67 Å². The number of hydrogen-bond acceptors (Lipinski definition) is 4. The van der Waals surface area contributed by atoms with E-state index in [1.165, 1.54) is 0 Å². The Kier molecular flexibility index (Phi) is 4.74. The van der Waals surface area contributed by atoms with Crippen LogP contribution in [0.4, 0.5) is 0 Å².